The fraction of sp³-hybridized carbons (Fsp3) is 0.500. The Morgan fingerprint density at radius 2 is 2.09 bits per heavy atom. The topological polar surface area (TPSA) is 12.4 Å². The van der Waals surface area contributed by atoms with Crippen molar-refractivity contribution < 1.29 is 0 Å². The van der Waals surface area contributed by atoms with Crippen LogP contribution in [-0.4, -0.2) is 6.21 Å². The summed E-state index contributed by atoms with van der Waals surface area (Å²) in [6.45, 7) is 9.97. The minimum Gasteiger partial charge on any atom is -0.270 e. The highest BCUT2D eigenvalue weighted by molar-refractivity contribution is 5.54. The average Bonchev–Trinajstić information content (AvgIpc) is 1.99. The lowest BCUT2D eigenvalue weighted by Crippen LogP contribution is -2.03. The standard InChI is InChI=1S/C10H17N/c1-5-10(3,4)8-7-9-11-6-2/h5-7,9H,1,8H2,2-4H3/b9-7-,11-6-. The van der Waals surface area contributed by atoms with Crippen LogP contribution in [0.1, 0.15) is 27.2 Å². The fourth-order valence-corrected chi connectivity index (χ4v) is 0.587. The van der Waals surface area contributed by atoms with Crippen LogP contribution < -0.4 is 0 Å². The second-order valence-corrected chi connectivity index (χ2v) is 3.19. The highest BCUT2D eigenvalue weighted by Gasteiger charge is 2.08. The summed E-state index contributed by atoms with van der Waals surface area (Å²) >= 11 is 0. The number of allylic oxidation sites excluding steroid dienone is 2. The monoisotopic (exact) mass is 151 g/mol. The van der Waals surface area contributed by atoms with E-state index in [1.807, 2.05) is 19.2 Å². The zero-order chi connectivity index (χ0) is 8.74. The molecule has 0 rings (SSSR count). The maximum absolute atomic E-state index is 3.97. The van der Waals surface area contributed by atoms with Crippen molar-refractivity contribution in [2.24, 2.45) is 10.4 Å². The van der Waals surface area contributed by atoms with Gasteiger partial charge in [-0.2, -0.15) is 0 Å². The molecule has 0 N–H and O–H groups in total. The first-order valence-electron chi connectivity index (χ1n) is 3.89. The van der Waals surface area contributed by atoms with Crippen molar-refractivity contribution >= 4 is 6.21 Å². The summed E-state index contributed by atoms with van der Waals surface area (Å²) in [4.78, 5) is 3.97. The van der Waals surface area contributed by atoms with Crippen LogP contribution in [0.2, 0.25) is 0 Å². The normalized spacial score (nSPS) is 13.0. The van der Waals surface area contributed by atoms with Crippen molar-refractivity contribution in [3.63, 3.8) is 0 Å². The second kappa shape index (κ2) is 4.89. The van der Waals surface area contributed by atoms with Crippen LogP contribution in [0.25, 0.3) is 0 Å². The van der Waals surface area contributed by atoms with Crippen molar-refractivity contribution in [3.05, 3.63) is 24.9 Å². The van der Waals surface area contributed by atoms with Crippen LogP contribution >= 0.6 is 0 Å². The number of nitrogens with zero attached hydrogens (tertiary/aromatic N) is 1. The van der Waals surface area contributed by atoms with Crippen molar-refractivity contribution in [2.45, 2.75) is 27.2 Å². The van der Waals surface area contributed by atoms with Gasteiger partial charge in [0.05, 0.1) is 0 Å². The van der Waals surface area contributed by atoms with Crippen LogP contribution in [0, 0.1) is 5.41 Å². The summed E-state index contributed by atoms with van der Waals surface area (Å²) in [7, 11) is 0. The van der Waals surface area contributed by atoms with E-state index >= 15 is 0 Å². The lowest BCUT2D eigenvalue weighted by molar-refractivity contribution is 0.490. The lowest BCUT2D eigenvalue weighted by atomic mass is 9.90. The first-order valence-corrected chi connectivity index (χ1v) is 3.89. The zero-order valence-electron chi connectivity index (χ0n) is 7.67. The van der Waals surface area contributed by atoms with Gasteiger partial charge in [-0.05, 0) is 18.8 Å². The summed E-state index contributed by atoms with van der Waals surface area (Å²) in [6, 6.07) is 0. The van der Waals surface area contributed by atoms with E-state index in [0.29, 0.717) is 0 Å². The Kier molecular flexibility index (Phi) is 4.51. The SMILES string of the molecule is C=CC(C)(C)C/C=C\N=C/C. The maximum Gasteiger partial charge on any atom is 0.0224 e. The van der Waals surface area contributed by atoms with Gasteiger partial charge >= 0.3 is 0 Å². The van der Waals surface area contributed by atoms with Crippen molar-refractivity contribution in [1.82, 2.24) is 0 Å². The van der Waals surface area contributed by atoms with Gasteiger partial charge in [0.15, 0.2) is 0 Å². The molecule has 11 heavy (non-hydrogen) atoms. The molecule has 0 aliphatic carbocycles. The van der Waals surface area contributed by atoms with Crippen molar-refractivity contribution in [1.29, 1.82) is 0 Å². The molecule has 0 heterocycles. The Hall–Kier alpha value is -0.850. The van der Waals surface area contributed by atoms with E-state index in [1.54, 1.807) is 6.21 Å². The molecule has 0 aromatic rings. The molecule has 0 aliphatic rings. The van der Waals surface area contributed by atoms with Crippen LogP contribution in [0.4, 0.5) is 0 Å². The number of hydrogen-bond acceptors (Lipinski definition) is 1. The Labute approximate surface area is 69.5 Å². The lowest BCUT2D eigenvalue weighted by Gasteiger charge is -2.15. The van der Waals surface area contributed by atoms with E-state index in [9.17, 15) is 0 Å². The molecule has 0 saturated carbocycles. The van der Waals surface area contributed by atoms with Crippen LogP contribution in [0.5, 0.6) is 0 Å². The van der Waals surface area contributed by atoms with E-state index in [0.717, 1.165) is 6.42 Å². The maximum atomic E-state index is 3.97. The molecule has 0 aromatic heterocycles. The molecule has 0 saturated heterocycles. The second-order valence-electron chi connectivity index (χ2n) is 3.19. The van der Waals surface area contributed by atoms with Gasteiger partial charge in [-0.15, -0.1) is 6.58 Å². The Morgan fingerprint density at radius 1 is 1.45 bits per heavy atom. The van der Waals surface area contributed by atoms with Crippen molar-refractivity contribution in [2.75, 3.05) is 0 Å². The number of rotatable bonds is 4. The molecular formula is C10H17N. The molecule has 0 spiro atoms. The predicted molar refractivity (Wildman–Crippen MR) is 51.9 cm³/mol. The quantitative estimate of drug-likeness (QED) is 0.432. The van der Waals surface area contributed by atoms with Gasteiger partial charge < -0.3 is 0 Å². The third-order valence-corrected chi connectivity index (χ3v) is 1.54. The zero-order valence-corrected chi connectivity index (χ0v) is 7.67. The molecule has 0 bridgehead atoms. The largest absolute Gasteiger partial charge is 0.270 e. The first-order chi connectivity index (χ1) is 5.12. The molecule has 0 aromatic carbocycles. The van der Waals surface area contributed by atoms with Crippen LogP contribution in [0.15, 0.2) is 29.9 Å². The predicted octanol–water partition coefficient (Wildman–Crippen LogP) is 3.19. The summed E-state index contributed by atoms with van der Waals surface area (Å²) < 4.78 is 0. The third kappa shape index (κ3) is 5.59. The molecular weight excluding hydrogens is 134 g/mol. The van der Waals surface area contributed by atoms with Crippen molar-refractivity contribution in [3.8, 4) is 0 Å². The Morgan fingerprint density at radius 3 is 2.55 bits per heavy atom. The molecule has 0 atom stereocenters. The molecule has 0 amide bonds. The minimum atomic E-state index is 0.194. The highest BCUT2D eigenvalue weighted by Crippen LogP contribution is 2.21. The van der Waals surface area contributed by atoms with Gasteiger partial charge in [0.25, 0.3) is 0 Å². The first kappa shape index (κ1) is 10.2. The highest BCUT2D eigenvalue weighted by atomic mass is 14.6. The molecule has 1 nitrogen and oxygen atoms in total. The van der Waals surface area contributed by atoms with Gasteiger partial charge in [-0.25, -0.2) is 0 Å². The summed E-state index contributed by atoms with van der Waals surface area (Å²) in [5.74, 6) is 0. The summed E-state index contributed by atoms with van der Waals surface area (Å²) in [5, 5.41) is 0. The molecule has 1 heteroatoms. The number of aliphatic imine (C=N–C) groups is 1. The third-order valence-electron chi connectivity index (χ3n) is 1.54. The molecule has 0 radical (unpaired) electrons. The van der Waals surface area contributed by atoms with E-state index in [1.165, 1.54) is 0 Å². The minimum absolute atomic E-state index is 0.194. The van der Waals surface area contributed by atoms with Gasteiger partial charge in [0, 0.05) is 12.4 Å². The van der Waals surface area contributed by atoms with Crippen LogP contribution in [0.3, 0.4) is 0 Å². The molecule has 0 aliphatic heterocycles. The summed E-state index contributed by atoms with van der Waals surface area (Å²) in [6.07, 6.45) is 8.62. The van der Waals surface area contributed by atoms with E-state index < -0.39 is 0 Å². The Balaban J connectivity index is 3.77. The van der Waals surface area contributed by atoms with Crippen LogP contribution in [-0.2, 0) is 0 Å². The summed E-state index contributed by atoms with van der Waals surface area (Å²) in [5.41, 5.74) is 0.194. The van der Waals surface area contributed by atoms with E-state index in [-0.39, 0.29) is 5.41 Å². The molecule has 62 valence electrons. The average molecular weight is 151 g/mol. The number of hydrogen-bond donors (Lipinski definition) is 0. The molecule has 0 fully saturated rings. The smallest absolute Gasteiger partial charge is 0.0224 e. The molecule has 0 unspecified atom stereocenters. The van der Waals surface area contributed by atoms with Gasteiger partial charge in [-0.3, -0.25) is 4.99 Å². The van der Waals surface area contributed by atoms with E-state index in [2.05, 4.69) is 31.5 Å². The van der Waals surface area contributed by atoms with Gasteiger partial charge in [0.1, 0.15) is 0 Å². The van der Waals surface area contributed by atoms with Gasteiger partial charge in [0.2, 0.25) is 0 Å². The Bertz CT molecular complexity index is 164. The van der Waals surface area contributed by atoms with Gasteiger partial charge in [-0.1, -0.05) is 26.0 Å². The fourth-order valence-electron chi connectivity index (χ4n) is 0.587. The van der Waals surface area contributed by atoms with E-state index in [4.69, 9.17) is 0 Å².